The fourth-order valence-corrected chi connectivity index (χ4v) is 2.11. The lowest BCUT2D eigenvalue weighted by Gasteiger charge is -2.05. The molecule has 19 heavy (non-hydrogen) atoms. The molecule has 0 atom stereocenters. The summed E-state index contributed by atoms with van der Waals surface area (Å²) in [5.41, 5.74) is 3.48. The number of benzene rings is 1. The van der Waals surface area contributed by atoms with Gasteiger partial charge in [-0.2, -0.15) is 0 Å². The van der Waals surface area contributed by atoms with Crippen LogP contribution in [0.4, 0.5) is 5.69 Å². The van der Waals surface area contributed by atoms with Gasteiger partial charge in [-0.1, -0.05) is 12.1 Å². The van der Waals surface area contributed by atoms with E-state index in [2.05, 4.69) is 10.3 Å². The molecule has 6 heteroatoms. The van der Waals surface area contributed by atoms with E-state index < -0.39 is 5.97 Å². The molecule has 0 fully saturated rings. The first-order chi connectivity index (χ1) is 9.15. The number of carbonyl (C=O) groups is 2. The van der Waals surface area contributed by atoms with Crippen LogP contribution >= 0.6 is 11.3 Å². The topological polar surface area (TPSA) is 79.3 Å². The number of nitrogens with one attached hydrogen (secondary N) is 1. The second-order valence-electron chi connectivity index (χ2n) is 3.92. The first-order valence-electron chi connectivity index (χ1n) is 5.65. The van der Waals surface area contributed by atoms with E-state index in [4.69, 9.17) is 5.11 Å². The quantitative estimate of drug-likeness (QED) is 0.879. The van der Waals surface area contributed by atoms with Gasteiger partial charge in [0.15, 0.2) is 0 Å². The van der Waals surface area contributed by atoms with Crippen LogP contribution in [0.15, 0.2) is 35.2 Å². The smallest absolute Gasteiger partial charge is 0.303 e. The van der Waals surface area contributed by atoms with Crippen molar-refractivity contribution in [3.63, 3.8) is 0 Å². The van der Waals surface area contributed by atoms with E-state index in [0.717, 1.165) is 5.56 Å². The number of hydrogen-bond donors (Lipinski definition) is 2. The minimum atomic E-state index is -0.836. The van der Waals surface area contributed by atoms with Crippen LogP contribution in [-0.4, -0.2) is 22.0 Å². The van der Waals surface area contributed by atoms with Crippen molar-refractivity contribution in [3.05, 3.63) is 46.4 Å². The number of anilines is 1. The number of amides is 1. The highest BCUT2D eigenvalue weighted by Crippen LogP contribution is 2.13. The minimum absolute atomic E-state index is 0.0729. The van der Waals surface area contributed by atoms with Crippen molar-refractivity contribution in [1.29, 1.82) is 0 Å². The average molecular weight is 276 g/mol. The summed E-state index contributed by atoms with van der Waals surface area (Å²) >= 11 is 1.36. The first-order valence-corrected chi connectivity index (χ1v) is 6.60. The molecule has 98 valence electrons. The van der Waals surface area contributed by atoms with E-state index in [9.17, 15) is 9.59 Å². The molecule has 1 aromatic carbocycles. The summed E-state index contributed by atoms with van der Waals surface area (Å²) in [7, 11) is 0. The van der Waals surface area contributed by atoms with Gasteiger partial charge in [-0.3, -0.25) is 9.59 Å². The Bertz CT molecular complexity index is 581. The number of carbonyl (C=O) groups excluding carboxylic acids is 1. The van der Waals surface area contributed by atoms with Gasteiger partial charge in [0.1, 0.15) is 5.69 Å². The summed E-state index contributed by atoms with van der Waals surface area (Å²) in [4.78, 5) is 26.2. The van der Waals surface area contributed by atoms with E-state index in [1.165, 1.54) is 11.3 Å². The molecule has 0 unspecified atom stereocenters. The predicted molar refractivity (Wildman–Crippen MR) is 72.5 cm³/mol. The summed E-state index contributed by atoms with van der Waals surface area (Å²) in [6.07, 6.45) is 0.513. The number of carboxylic acid groups (broad SMARTS) is 1. The third-order valence-corrected chi connectivity index (χ3v) is 3.06. The molecule has 0 aliphatic rings. The van der Waals surface area contributed by atoms with Gasteiger partial charge < -0.3 is 10.4 Å². The Morgan fingerprint density at radius 1 is 1.37 bits per heavy atom. The third kappa shape index (κ3) is 3.89. The molecule has 0 saturated heterocycles. The number of rotatable bonds is 5. The van der Waals surface area contributed by atoms with Gasteiger partial charge >= 0.3 is 5.97 Å². The SMILES string of the molecule is O=C(O)CCc1cccc(NC(=O)c2cscn2)c1. The molecule has 0 spiro atoms. The van der Waals surface area contributed by atoms with Crippen LogP contribution in [0.1, 0.15) is 22.5 Å². The van der Waals surface area contributed by atoms with Crippen molar-refractivity contribution in [2.24, 2.45) is 0 Å². The number of carboxylic acids is 1. The van der Waals surface area contributed by atoms with Gasteiger partial charge in [0.2, 0.25) is 0 Å². The lowest BCUT2D eigenvalue weighted by Crippen LogP contribution is -2.12. The number of thiazole rings is 1. The van der Waals surface area contributed by atoms with Crippen LogP contribution in [0.3, 0.4) is 0 Å². The molecule has 1 amide bonds. The molecule has 5 nitrogen and oxygen atoms in total. The highest BCUT2D eigenvalue weighted by molar-refractivity contribution is 7.07. The molecule has 1 heterocycles. The third-order valence-electron chi connectivity index (χ3n) is 2.48. The molecule has 2 rings (SSSR count). The van der Waals surface area contributed by atoms with Crippen LogP contribution in [0.2, 0.25) is 0 Å². The molecular weight excluding hydrogens is 264 g/mol. The molecule has 0 aliphatic carbocycles. The maximum atomic E-state index is 11.8. The Hall–Kier alpha value is -2.21. The summed E-state index contributed by atoms with van der Waals surface area (Å²) in [6.45, 7) is 0. The lowest BCUT2D eigenvalue weighted by atomic mass is 10.1. The van der Waals surface area contributed by atoms with Crippen molar-refractivity contribution >= 4 is 28.9 Å². The Morgan fingerprint density at radius 2 is 2.21 bits per heavy atom. The molecule has 0 bridgehead atoms. The monoisotopic (exact) mass is 276 g/mol. The Labute approximate surface area is 113 Å². The van der Waals surface area contributed by atoms with Crippen LogP contribution in [0.5, 0.6) is 0 Å². The number of aryl methyl sites for hydroxylation is 1. The van der Waals surface area contributed by atoms with Crippen molar-refractivity contribution in [1.82, 2.24) is 4.98 Å². The van der Waals surface area contributed by atoms with Gasteiger partial charge in [-0.05, 0) is 24.1 Å². The molecular formula is C13H12N2O3S. The van der Waals surface area contributed by atoms with E-state index in [1.807, 2.05) is 6.07 Å². The van der Waals surface area contributed by atoms with E-state index >= 15 is 0 Å². The summed E-state index contributed by atoms with van der Waals surface area (Å²) in [5.74, 6) is -1.10. The first kappa shape index (κ1) is 13.2. The van der Waals surface area contributed by atoms with Crippen molar-refractivity contribution < 1.29 is 14.7 Å². The maximum absolute atomic E-state index is 11.8. The lowest BCUT2D eigenvalue weighted by molar-refractivity contribution is -0.136. The van der Waals surface area contributed by atoms with Crippen molar-refractivity contribution in [2.75, 3.05) is 5.32 Å². The molecule has 0 radical (unpaired) electrons. The fourth-order valence-electron chi connectivity index (χ4n) is 1.58. The molecule has 0 aliphatic heterocycles. The standard InChI is InChI=1S/C13H12N2O3S/c16-12(17)5-4-9-2-1-3-10(6-9)15-13(18)11-7-19-8-14-11/h1-3,6-8H,4-5H2,(H,15,18)(H,16,17). The van der Waals surface area contributed by atoms with Gasteiger partial charge in [0, 0.05) is 17.5 Å². The largest absolute Gasteiger partial charge is 0.481 e. The fraction of sp³-hybridized carbons (Fsp3) is 0.154. The highest BCUT2D eigenvalue weighted by atomic mass is 32.1. The van der Waals surface area contributed by atoms with Gasteiger partial charge in [-0.15, -0.1) is 11.3 Å². The second kappa shape index (κ2) is 6.10. The van der Waals surface area contributed by atoms with Gasteiger partial charge in [-0.25, -0.2) is 4.98 Å². The molecule has 0 saturated carbocycles. The summed E-state index contributed by atoms with van der Waals surface area (Å²) in [5, 5.41) is 13.0. The highest BCUT2D eigenvalue weighted by Gasteiger charge is 2.08. The Balaban J connectivity index is 2.02. The van der Waals surface area contributed by atoms with Crippen LogP contribution in [0, 0.1) is 0 Å². The average Bonchev–Trinajstić information content (AvgIpc) is 2.91. The Morgan fingerprint density at radius 3 is 2.89 bits per heavy atom. The van der Waals surface area contributed by atoms with Gasteiger partial charge in [0.25, 0.3) is 5.91 Å². The van der Waals surface area contributed by atoms with Crippen LogP contribution in [0.25, 0.3) is 0 Å². The van der Waals surface area contributed by atoms with E-state index in [0.29, 0.717) is 17.8 Å². The zero-order valence-electron chi connectivity index (χ0n) is 10.00. The minimum Gasteiger partial charge on any atom is -0.481 e. The molecule has 2 aromatic rings. The Kier molecular flexibility index (Phi) is 4.25. The molecule has 2 N–H and O–H groups in total. The zero-order valence-corrected chi connectivity index (χ0v) is 10.8. The van der Waals surface area contributed by atoms with Crippen LogP contribution in [-0.2, 0) is 11.2 Å². The number of aliphatic carboxylic acids is 1. The van der Waals surface area contributed by atoms with Crippen molar-refractivity contribution in [2.45, 2.75) is 12.8 Å². The number of hydrogen-bond acceptors (Lipinski definition) is 4. The van der Waals surface area contributed by atoms with E-state index in [1.54, 1.807) is 29.1 Å². The van der Waals surface area contributed by atoms with Gasteiger partial charge in [0.05, 0.1) is 5.51 Å². The zero-order chi connectivity index (χ0) is 13.7. The summed E-state index contributed by atoms with van der Waals surface area (Å²) in [6, 6.07) is 7.15. The second-order valence-corrected chi connectivity index (χ2v) is 4.64. The normalized spacial score (nSPS) is 10.1. The molecule has 1 aromatic heterocycles. The summed E-state index contributed by atoms with van der Waals surface area (Å²) < 4.78 is 0. The van der Waals surface area contributed by atoms with E-state index in [-0.39, 0.29) is 12.3 Å². The van der Waals surface area contributed by atoms with Crippen molar-refractivity contribution in [3.8, 4) is 0 Å². The number of aromatic nitrogens is 1. The maximum Gasteiger partial charge on any atom is 0.303 e. The van der Waals surface area contributed by atoms with Crippen LogP contribution < -0.4 is 5.32 Å². The number of nitrogens with zero attached hydrogens (tertiary/aromatic N) is 1. The predicted octanol–water partition coefficient (Wildman–Crippen LogP) is 2.41.